The number of carbonyl (C=O) groups excluding carboxylic acids is 1. The molecule has 0 amide bonds. The lowest BCUT2D eigenvalue weighted by Crippen LogP contribution is -2.44. The Bertz CT molecular complexity index is 216. The number of ether oxygens (including phenoxy) is 1. The predicted octanol–water partition coefficient (Wildman–Crippen LogP) is 3.05. The molecule has 0 radical (unpaired) electrons. The maximum atomic E-state index is 11.3. The van der Waals surface area contributed by atoms with Crippen molar-refractivity contribution < 1.29 is 14.6 Å². The van der Waals surface area contributed by atoms with E-state index in [2.05, 4.69) is 6.92 Å². The van der Waals surface area contributed by atoms with Crippen LogP contribution in [-0.4, -0.2) is 23.8 Å². The number of carbonyl (C=O) groups is 1. The minimum Gasteiger partial charge on any atom is -0.461 e. The van der Waals surface area contributed by atoms with Crippen molar-refractivity contribution >= 4 is 5.97 Å². The predicted molar refractivity (Wildman–Crippen MR) is 67.7 cm³/mol. The van der Waals surface area contributed by atoms with Crippen LogP contribution >= 0.6 is 0 Å². The number of rotatable bonds is 10. The zero-order valence-corrected chi connectivity index (χ0v) is 11.0. The molecule has 3 heteroatoms. The summed E-state index contributed by atoms with van der Waals surface area (Å²) < 4.78 is 5.19. The Morgan fingerprint density at radius 2 is 1.76 bits per heavy atom. The van der Waals surface area contributed by atoms with Crippen LogP contribution in [0, 0.1) is 5.92 Å². The van der Waals surface area contributed by atoms with Gasteiger partial charge in [-0.2, -0.15) is 0 Å². The van der Waals surface area contributed by atoms with Gasteiger partial charge in [0.2, 0.25) is 0 Å². The Balaban J connectivity index is 2.07. The lowest BCUT2D eigenvalue weighted by Gasteiger charge is -2.35. The van der Waals surface area contributed by atoms with Crippen molar-refractivity contribution in [1.29, 1.82) is 0 Å². The Morgan fingerprint density at radius 1 is 1.06 bits per heavy atom. The highest BCUT2D eigenvalue weighted by atomic mass is 16.6. The summed E-state index contributed by atoms with van der Waals surface area (Å²) >= 11 is 0. The number of aliphatic hydroxyl groups excluding tert-OH is 1. The Hall–Kier alpha value is -0.570. The topological polar surface area (TPSA) is 46.5 Å². The first-order valence-corrected chi connectivity index (χ1v) is 7.11. The minimum atomic E-state index is 0.00802. The standard InChI is InChI=1S/C14H26O3/c1-2-3-4-6-9-12-13(17-14(12)16)10-7-5-8-11-15/h12-13,15H,2-11H2,1H3. The van der Waals surface area contributed by atoms with Crippen LogP contribution < -0.4 is 0 Å². The maximum absolute atomic E-state index is 11.3. The number of hydrogen-bond acceptors (Lipinski definition) is 3. The van der Waals surface area contributed by atoms with Crippen molar-refractivity contribution in [3.05, 3.63) is 0 Å². The molecule has 0 aromatic carbocycles. The number of unbranched alkanes of at least 4 members (excludes halogenated alkanes) is 5. The molecule has 1 fully saturated rings. The van der Waals surface area contributed by atoms with E-state index in [1.807, 2.05) is 0 Å². The van der Waals surface area contributed by atoms with Crippen LogP contribution in [0.25, 0.3) is 0 Å². The van der Waals surface area contributed by atoms with Crippen LogP contribution in [0.4, 0.5) is 0 Å². The van der Waals surface area contributed by atoms with Crippen molar-refractivity contribution in [2.45, 2.75) is 70.8 Å². The van der Waals surface area contributed by atoms with Crippen LogP contribution in [0.1, 0.15) is 64.7 Å². The fraction of sp³-hybridized carbons (Fsp3) is 0.929. The summed E-state index contributed by atoms with van der Waals surface area (Å²) in [6.07, 6.45) is 10.00. The lowest BCUT2D eigenvalue weighted by molar-refractivity contribution is -0.186. The zero-order chi connectivity index (χ0) is 12.5. The number of aliphatic hydroxyl groups is 1. The van der Waals surface area contributed by atoms with Crippen molar-refractivity contribution in [2.75, 3.05) is 6.61 Å². The molecule has 3 nitrogen and oxygen atoms in total. The third kappa shape index (κ3) is 5.07. The summed E-state index contributed by atoms with van der Waals surface area (Å²) in [7, 11) is 0. The van der Waals surface area contributed by atoms with Crippen LogP contribution in [0.3, 0.4) is 0 Å². The van der Waals surface area contributed by atoms with Crippen molar-refractivity contribution in [1.82, 2.24) is 0 Å². The molecule has 0 aromatic rings. The second-order valence-electron chi connectivity index (χ2n) is 5.00. The number of hydrogen-bond donors (Lipinski definition) is 1. The summed E-state index contributed by atoms with van der Waals surface area (Å²) in [6, 6.07) is 0. The Morgan fingerprint density at radius 3 is 2.41 bits per heavy atom. The molecule has 1 N–H and O–H groups in total. The quantitative estimate of drug-likeness (QED) is 0.473. The largest absolute Gasteiger partial charge is 0.461 e. The van der Waals surface area contributed by atoms with Gasteiger partial charge < -0.3 is 9.84 Å². The summed E-state index contributed by atoms with van der Waals surface area (Å²) in [5, 5.41) is 8.68. The van der Waals surface area contributed by atoms with Crippen LogP contribution in [0.2, 0.25) is 0 Å². The molecule has 1 saturated heterocycles. The third-order valence-electron chi connectivity index (χ3n) is 3.53. The average Bonchev–Trinajstić information content (AvgIpc) is 2.32. The maximum Gasteiger partial charge on any atom is 0.313 e. The van der Waals surface area contributed by atoms with E-state index in [0.717, 1.165) is 38.5 Å². The van der Waals surface area contributed by atoms with Crippen LogP contribution in [0.5, 0.6) is 0 Å². The fourth-order valence-corrected chi connectivity index (χ4v) is 2.39. The molecule has 0 aromatic heterocycles. The van der Waals surface area contributed by atoms with Gasteiger partial charge in [-0.15, -0.1) is 0 Å². The van der Waals surface area contributed by atoms with Gasteiger partial charge in [-0.25, -0.2) is 0 Å². The number of esters is 1. The number of cyclic esters (lactones) is 1. The molecule has 2 atom stereocenters. The SMILES string of the molecule is CCCCCCC1C(=O)OC1CCCCCO. The summed E-state index contributed by atoms with van der Waals surface area (Å²) in [5.41, 5.74) is 0. The van der Waals surface area contributed by atoms with E-state index in [1.165, 1.54) is 19.3 Å². The molecule has 1 aliphatic heterocycles. The van der Waals surface area contributed by atoms with Gasteiger partial charge in [0, 0.05) is 6.61 Å². The lowest BCUT2D eigenvalue weighted by atomic mass is 9.87. The van der Waals surface area contributed by atoms with Crippen molar-refractivity contribution in [2.24, 2.45) is 5.92 Å². The van der Waals surface area contributed by atoms with E-state index in [4.69, 9.17) is 9.84 Å². The Kier molecular flexibility index (Phi) is 7.25. The van der Waals surface area contributed by atoms with Crippen molar-refractivity contribution in [3.8, 4) is 0 Å². The molecule has 17 heavy (non-hydrogen) atoms. The van der Waals surface area contributed by atoms with Gasteiger partial charge in [-0.1, -0.05) is 39.0 Å². The van der Waals surface area contributed by atoms with E-state index in [0.29, 0.717) is 0 Å². The first-order chi connectivity index (χ1) is 8.29. The van der Waals surface area contributed by atoms with Gasteiger partial charge in [-0.3, -0.25) is 4.79 Å². The van der Waals surface area contributed by atoms with Crippen molar-refractivity contribution in [3.63, 3.8) is 0 Å². The molecule has 1 heterocycles. The smallest absolute Gasteiger partial charge is 0.313 e. The van der Waals surface area contributed by atoms with Gasteiger partial charge in [0.15, 0.2) is 0 Å². The minimum absolute atomic E-state index is 0.00802. The Labute approximate surface area is 105 Å². The molecule has 1 rings (SSSR count). The van der Waals surface area contributed by atoms with E-state index in [9.17, 15) is 4.79 Å². The third-order valence-corrected chi connectivity index (χ3v) is 3.53. The second-order valence-corrected chi connectivity index (χ2v) is 5.00. The molecule has 0 spiro atoms. The van der Waals surface area contributed by atoms with Gasteiger partial charge in [0.1, 0.15) is 6.10 Å². The van der Waals surface area contributed by atoms with Gasteiger partial charge >= 0.3 is 5.97 Å². The first kappa shape index (κ1) is 14.5. The second kappa shape index (κ2) is 8.51. The van der Waals surface area contributed by atoms with E-state index >= 15 is 0 Å². The normalized spacial score (nSPS) is 23.3. The molecular weight excluding hydrogens is 216 g/mol. The van der Waals surface area contributed by atoms with Gasteiger partial charge in [0.25, 0.3) is 0 Å². The van der Waals surface area contributed by atoms with Crippen LogP contribution in [-0.2, 0) is 9.53 Å². The fourth-order valence-electron chi connectivity index (χ4n) is 2.39. The molecule has 100 valence electrons. The zero-order valence-electron chi connectivity index (χ0n) is 11.0. The molecular formula is C14H26O3. The van der Waals surface area contributed by atoms with Crippen LogP contribution in [0.15, 0.2) is 0 Å². The molecule has 2 unspecified atom stereocenters. The van der Waals surface area contributed by atoms with E-state index in [1.54, 1.807) is 0 Å². The molecule has 0 bridgehead atoms. The van der Waals surface area contributed by atoms with Gasteiger partial charge in [-0.05, 0) is 25.7 Å². The monoisotopic (exact) mass is 242 g/mol. The highest BCUT2D eigenvalue weighted by molar-refractivity contribution is 5.78. The first-order valence-electron chi connectivity index (χ1n) is 7.11. The van der Waals surface area contributed by atoms with E-state index < -0.39 is 0 Å². The van der Waals surface area contributed by atoms with E-state index in [-0.39, 0.29) is 24.6 Å². The molecule has 1 aliphatic rings. The highest BCUT2D eigenvalue weighted by Crippen LogP contribution is 2.31. The highest BCUT2D eigenvalue weighted by Gasteiger charge is 2.40. The molecule has 0 aliphatic carbocycles. The average molecular weight is 242 g/mol. The summed E-state index contributed by atoms with van der Waals surface area (Å²) in [5.74, 6) is 0.176. The molecule has 0 saturated carbocycles. The summed E-state index contributed by atoms with van der Waals surface area (Å²) in [6.45, 7) is 2.46. The summed E-state index contributed by atoms with van der Waals surface area (Å²) in [4.78, 5) is 11.3. The van der Waals surface area contributed by atoms with Gasteiger partial charge in [0.05, 0.1) is 5.92 Å².